The molecule has 7 heteroatoms. The molecule has 0 saturated carbocycles. The van der Waals surface area contributed by atoms with Crippen LogP contribution in [-0.4, -0.2) is 52.5 Å². The standard InChI is InChI=1S/C36H29BN2O4/c40-16-4-18-42-22-12-14-30-26(20-22)24-6-1-8-28-35(24)38(30)32-10-3-11-33-34(32)37(28)29-9-2-7-25-27-21-23(43-19-5-17-41)13-15-31(27)39(33)36(25)29/h1-3,6-15,20-21,40-41H,4-5,16-19H2. The summed E-state index contributed by atoms with van der Waals surface area (Å²) in [6, 6.07) is 32.9. The Kier molecular flexibility index (Phi) is 5.43. The van der Waals surface area contributed by atoms with Gasteiger partial charge in [0, 0.05) is 70.0 Å². The minimum atomic E-state index is 0.104. The van der Waals surface area contributed by atoms with Crippen molar-refractivity contribution in [2.24, 2.45) is 0 Å². The van der Waals surface area contributed by atoms with Crippen LogP contribution in [0.15, 0.2) is 91.0 Å². The van der Waals surface area contributed by atoms with Crippen LogP contribution in [0.25, 0.3) is 55.0 Å². The van der Waals surface area contributed by atoms with Crippen LogP contribution in [0.1, 0.15) is 12.8 Å². The Bertz CT molecular complexity index is 2090. The molecule has 2 aromatic heterocycles. The number of fused-ring (bicyclic) bond motifs is 10. The van der Waals surface area contributed by atoms with Gasteiger partial charge in [-0.05, 0) is 64.9 Å². The number of hydrogen-bond donors (Lipinski definition) is 2. The van der Waals surface area contributed by atoms with Gasteiger partial charge in [0.2, 0.25) is 0 Å². The lowest BCUT2D eigenvalue weighted by Crippen LogP contribution is -2.59. The molecule has 0 unspecified atom stereocenters. The van der Waals surface area contributed by atoms with Crippen LogP contribution in [0.4, 0.5) is 0 Å². The van der Waals surface area contributed by atoms with E-state index in [4.69, 9.17) is 9.47 Å². The maximum atomic E-state index is 9.21. The van der Waals surface area contributed by atoms with Crippen molar-refractivity contribution in [2.45, 2.75) is 12.8 Å². The Morgan fingerprint density at radius 3 is 1.53 bits per heavy atom. The molecule has 210 valence electrons. The number of aromatic nitrogens is 2. The molecule has 0 bridgehead atoms. The number of para-hydroxylation sites is 2. The van der Waals surface area contributed by atoms with Crippen molar-refractivity contribution < 1.29 is 19.7 Å². The topological polar surface area (TPSA) is 68.8 Å². The number of ether oxygens (including phenoxy) is 2. The van der Waals surface area contributed by atoms with Crippen LogP contribution in [0.3, 0.4) is 0 Å². The first-order chi connectivity index (χ1) is 21.3. The van der Waals surface area contributed by atoms with Gasteiger partial charge in [0.05, 0.1) is 24.2 Å². The van der Waals surface area contributed by atoms with Crippen LogP contribution in [0.2, 0.25) is 0 Å². The predicted octanol–water partition coefficient (Wildman–Crippen LogP) is 4.55. The number of aliphatic hydroxyl groups is 2. The summed E-state index contributed by atoms with van der Waals surface area (Å²) in [5, 5.41) is 23.2. The van der Waals surface area contributed by atoms with E-state index in [1.54, 1.807) is 0 Å². The number of nitrogens with zero attached hydrogens (tertiary/aromatic N) is 2. The first-order valence-electron chi connectivity index (χ1n) is 15.0. The highest BCUT2D eigenvalue weighted by molar-refractivity contribution is 7.00. The first kappa shape index (κ1) is 24.8. The predicted molar refractivity (Wildman–Crippen MR) is 174 cm³/mol. The largest absolute Gasteiger partial charge is 0.493 e. The zero-order chi connectivity index (χ0) is 28.7. The van der Waals surface area contributed by atoms with Gasteiger partial charge < -0.3 is 28.8 Å². The van der Waals surface area contributed by atoms with E-state index in [1.807, 2.05) is 12.1 Å². The molecule has 4 heterocycles. The van der Waals surface area contributed by atoms with Gasteiger partial charge in [-0.3, -0.25) is 0 Å². The van der Waals surface area contributed by atoms with Crippen LogP contribution in [0.5, 0.6) is 11.5 Å². The number of aliphatic hydroxyl groups excluding tert-OH is 2. The molecule has 0 saturated heterocycles. The van der Waals surface area contributed by atoms with Crippen LogP contribution >= 0.6 is 0 Å². The van der Waals surface area contributed by atoms with Crippen molar-refractivity contribution in [2.75, 3.05) is 26.4 Å². The van der Waals surface area contributed by atoms with Crippen LogP contribution in [-0.2, 0) is 0 Å². The van der Waals surface area contributed by atoms with E-state index in [2.05, 4.69) is 88.0 Å². The molecule has 43 heavy (non-hydrogen) atoms. The summed E-state index contributed by atoms with van der Waals surface area (Å²) in [5.74, 6) is 1.65. The zero-order valence-electron chi connectivity index (χ0n) is 23.6. The minimum absolute atomic E-state index is 0.104. The molecule has 0 radical (unpaired) electrons. The fraction of sp³-hybridized carbons (Fsp3) is 0.167. The number of hydrogen-bond acceptors (Lipinski definition) is 4. The normalized spacial score (nSPS) is 12.9. The molecule has 0 spiro atoms. The molecule has 2 aliphatic rings. The molecular formula is C36H29BN2O4. The minimum Gasteiger partial charge on any atom is -0.493 e. The molecule has 0 atom stereocenters. The Morgan fingerprint density at radius 2 is 1.05 bits per heavy atom. The molecule has 7 aromatic rings. The molecule has 6 nitrogen and oxygen atoms in total. The summed E-state index contributed by atoms with van der Waals surface area (Å²) >= 11 is 0. The summed E-state index contributed by atoms with van der Waals surface area (Å²) in [5.41, 5.74) is 11.2. The quantitative estimate of drug-likeness (QED) is 0.210. The third-order valence-corrected chi connectivity index (χ3v) is 9.17. The molecule has 9 rings (SSSR count). The first-order valence-corrected chi connectivity index (χ1v) is 15.0. The summed E-state index contributed by atoms with van der Waals surface area (Å²) in [6.07, 6.45) is 1.22. The number of rotatable bonds is 8. The van der Waals surface area contributed by atoms with Gasteiger partial charge in [-0.2, -0.15) is 0 Å². The molecule has 0 aliphatic carbocycles. The van der Waals surface area contributed by atoms with Crippen molar-refractivity contribution in [3.8, 4) is 22.9 Å². The average Bonchev–Trinajstić information content (AvgIpc) is 3.55. The highest BCUT2D eigenvalue weighted by Gasteiger charge is 2.40. The molecule has 0 amide bonds. The lowest BCUT2D eigenvalue weighted by Gasteiger charge is -2.33. The summed E-state index contributed by atoms with van der Waals surface area (Å²) in [7, 11) is 0. The molecule has 2 N–H and O–H groups in total. The van der Waals surface area contributed by atoms with Gasteiger partial charge in [-0.1, -0.05) is 42.5 Å². The second-order valence-electron chi connectivity index (χ2n) is 11.5. The van der Waals surface area contributed by atoms with Gasteiger partial charge in [0.15, 0.2) is 0 Å². The third-order valence-electron chi connectivity index (χ3n) is 9.17. The van der Waals surface area contributed by atoms with E-state index in [1.165, 1.54) is 60.3 Å². The lowest BCUT2D eigenvalue weighted by atomic mass is 9.34. The third kappa shape index (κ3) is 3.37. The smallest absolute Gasteiger partial charge is 0.252 e. The lowest BCUT2D eigenvalue weighted by molar-refractivity contribution is 0.233. The van der Waals surface area contributed by atoms with E-state index in [-0.39, 0.29) is 19.9 Å². The summed E-state index contributed by atoms with van der Waals surface area (Å²) in [6.45, 7) is 1.33. The van der Waals surface area contributed by atoms with E-state index in [0.717, 1.165) is 22.5 Å². The Morgan fingerprint density at radius 1 is 0.558 bits per heavy atom. The fourth-order valence-electron chi connectivity index (χ4n) is 7.51. The van der Waals surface area contributed by atoms with Gasteiger partial charge in [0.1, 0.15) is 11.5 Å². The fourth-order valence-corrected chi connectivity index (χ4v) is 7.51. The van der Waals surface area contributed by atoms with E-state index in [9.17, 15) is 10.2 Å². The van der Waals surface area contributed by atoms with Crippen molar-refractivity contribution in [1.29, 1.82) is 0 Å². The Labute approximate surface area is 248 Å². The average molecular weight is 564 g/mol. The van der Waals surface area contributed by atoms with Gasteiger partial charge in [-0.25, -0.2) is 0 Å². The second kappa shape index (κ2) is 9.39. The van der Waals surface area contributed by atoms with Gasteiger partial charge in [-0.15, -0.1) is 0 Å². The van der Waals surface area contributed by atoms with Crippen molar-refractivity contribution >= 4 is 66.7 Å². The Hall–Kier alpha value is -4.72. The molecule has 5 aromatic carbocycles. The Balaban J connectivity index is 1.32. The van der Waals surface area contributed by atoms with E-state index < -0.39 is 0 Å². The van der Waals surface area contributed by atoms with Crippen LogP contribution < -0.4 is 25.9 Å². The maximum absolute atomic E-state index is 9.21. The summed E-state index contributed by atoms with van der Waals surface area (Å²) < 4.78 is 16.9. The second-order valence-corrected chi connectivity index (χ2v) is 11.5. The van der Waals surface area contributed by atoms with E-state index in [0.29, 0.717) is 26.1 Å². The SMILES string of the molecule is OCCCOc1ccc2c(c1)c1cccc3c1n2-c1cccc2c1B3c1cccc3c4cc(OCCCO)ccc4n-2c13. The van der Waals surface area contributed by atoms with Crippen LogP contribution in [0, 0.1) is 0 Å². The molecular weight excluding hydrogens is 535 g/mol. The highest BCUT2D eigenvalue weighted by Crippen LogP contribution is 2.40. The maximum Gasteiger partial charge on any atom is 0.252 e. The molecule has 0 fully saturated rings. The monoisotopic (exact) mass is 564 g/mol. The van der Waals surface area contributed by atoms with Gasteiger partial charge >= 0.3 is 0 Å². The highest BCUT2D eigenvalue weighted by atomic mass is 16.5. The van der Waals surface area contributed by atoms with Gasteiger partial charge in [0.25, 0.3) is 6.71 Å². The summed E-state index contributed by atoms with van der Waals surface area (Å²) in [4.78, 5) is 0. The van der Waals surface area contributed by atoms with Crippen molar-refractivity contribution in [3.63, 3.8) is 0 Å². The number of benzene rings is 5. The van der Waals surface area contributed by atoms with Crippen molar-refractivity contribution in [1.82, 2.24) is 9.13 Å². The molecule has 2 aliphatic heterocycles. The zero-order valence-corrected chi connectivity index (χ0v) is 23.6. The van der Waals surface area contributed by atoms with E-state index >= 15 is 0 Å². The van der Waals surface area contributed by atoms with Crippen molar-refractivity contribution in [3.05, 3.63) is 91.0 Å².